The summed E-state index contributed by atoms with van der Waals surface area (Å²) in [5.74, 6) is -7.52. The molecule has 0 aliphatic rings. The van der Waals surface area contributed by atoms with E-state index >= 15 is 0 Å². The zero-order valence-electron chi connectivity index (χ0n) is 13.3. The molecular weight excluding hydrogens is 375 g/mol. The summed E-state index contributed by atoms with van der Waals surface area (Å²) in [5, 5.41) is -6.07. The third kappa shape index (κ3) is 4.09. The van der Waals surface area contributed by atoms with Gasteiger partial charge in [-0.1, -0.05) is 32.9 Å². The van der Waals surface area contributed by atoms with Crippen molar-refractivity contribution < 1.29 is 44.5 Å². The summed E-state index contributed by atoms with van der Waals surface area (Å²) in [6.07, 6.45) is -4.75. The molecule has 11 heteroatoms. The fourth-order valence-electron chi connectivity index (χ4n) is 1.71. The Morgan fingerprint density at radius 2 is 1.52 bits per heavy atom. The van der Waals surface area contributed by atoms with E-state index in [1.165, 1.54) is 12.1 Å². The number of carbonyl (C=O) groups is 1. The number of carbonyl (C=O) groups excluding carboxylic acids is 1. The van der Waals surface area contributed by atoms with Gasteiger partial charge in [0.15, 0.2) is 0 Å². The molecule has 142 valence electrons. The van der Waals surface area contributed by atoms with Gasteiger partial charge >= 0.3 is 33.6 Å². The number of hydrogen-bond donors (Lipinski definition) is 1. The van der Waals surface area contributed by atoms with Crippen LogP contribution in [0.4, 0.5) is 22.0 Å². The van der Waals surface area contributed by atoms with Gasteiger partial charge < -0.3 is 4.74 Å². The van der Waals surface area contributed by atoms with Crippen LogP contribution in [0.3, 0.4) is 0 Å². The van der Waals surface area contributed by atoms with E-state index in [0.29, 0.717) is 5.56 Å². The highest BCUT2D eigenvalue weighted by Gasteiger charge is 2.72. The molecule has 0 fully saturated rings. The first-order valence-electron chi connectivity index (χ1n) is 6.70. The Labute approximate surface area is 140 Å². The van der Waals surface area contributed by atoms with Crippen LogP contribution >= 0.6 is 0 Å². The van der Waals surface area contributed by atoms with Crippen molar-refractivity contribution in [2.24, 2.45) is 0 Å². The highest BCUT2D eigenvalue weighted by molar-refractivity contribution is 7.87. The summed E-state index contributed by atoms with van der Waals surface area (Å²) in [6, 6.07) is 4.75. The van der Waals surface area contributed by atoms with Crippen LogP contribution < -0.4 is 0 Å². The molecule has 1 aromatic carbocycles. The van der Waals surface area contributed by atoms with E-state index in [1.54, 1.807) is 0 Å². The molecule has 0 heterocycles. The van der Waals surface area contributed by atoms with Crippen LogP contribution in [0.15, 0.2) is 24.3 Å². The van der Waals surface area contributed by atoms with Crippen molar-refractivity contribution >= 4 is 16.1 Å². The first kappa shape index (κ1) is 21.3. The highest BCUT2D eigenvalue weighted by Crippen LogP contribution is 2.42. The second kappa shape index (κ2) is 6.52. The molecule has 0 bridgehead atoms. The van der Waals surface area contributed by atoms with Gasteiger partial charge in [-0.15, -0.1) is 0 Å². The molecule has 0 amide bonds. The van der Waals surface area contributed by atoms with Crippen molar-refractivity contribution in [2.45, 2.75) is 43.7 Å². The minimum Gasteiger partial charge on any atom is -0.413 e. The van der Waals surface area contributed by atoms with Gasteiger partial charge in [0.25, 0.3) is 0 Å². The van der Waals surface area contributed by atoms with Gasteiger partial charge in [0.05, 0.1) is 5.56 Å². The molecule has 0 saturated carbocycles. The fourth-order valence-corrected chi connectivity index (χ4v) is 2.19. The summed E-state index contributed by atoms with van der Waals surface area (Å²) >= 11 is 0. The minimum atomic E-state index is -6.62. The Bertz CT molecular complexity index is 740. The lowest BCUT2D eigenvalue weighted by Crippen LogP contribution is -2.57. The molecule has 1 aromatic rings. The topological polar surface area (TPSA) is 80.7 Å². The number of halogens is 5. The van der Waals surface area contributed by atoms with Gasteiger partial charge in [0.2, 0.25) is 0 Å². The zero-order chi connectivity index (χ0) is 19.8. The summed E-state index contributed by atoms with van der Waals surface area (Å²) in [5.41, 5.74) is -0.234. The molecule has 1 N–H and O–H groups in total. The Morgan fingerprint density at radius 3 is 1.84 bits per heavy atom. The van der Waals surface area contributed by atoms with Crippen LogP contribution in [-0.4, -0.2) is 36.5 Å². The number of esters is 1. The molecule has 0 aromatic heterocycles. The number of benzene rings is 1. The Balaban J connectivity index is 3.21. The predicted octanol–water partition coefficient (Wildman–Crippen LogP) is 3.55. The van der Waals surface area contributed by atoms with Gasteiger partial charge in [-0.2, -0.15) is 21.6 Å². The van der Waals surface area contributed by atoms with Gasteiger partial charge in [0.1, 0.15) is 0 Å². The Kier molecular flexibility index (Phi) is 5.55. The fraction of sp³-hybridized carbons (Fsp3) is 0.500. The summed E-state index contributed by atoms with van der Waals surface area (Å²) < 4.78 is 98.8. The SMILES string of the molecule is CC(C)(C)c1ccc(C(=O)OC(F)(C(F)F)C(F)(F)S(=O)(=O)O)cc1. The van der Waals surface area contributed by atoms with Gasteiger partial charge in [-0.25, -0.2) is 13.6 Å². The van der Waals surface area contributed by atoms with E-state index in [2.05, 4.69) is 4.74 Å². The van der Waals surface area contributed by atoms with Crippen molar-refractivity contribution in [1.29, 1.82) is 0 Å². The molecule has 0 spiro atoms. The van der Waals surface area contributed by atoms with Crippen LogP contribution in [-0.2, 0) is 20.3 Å². The lowest BCUT2D eigenvalue weighted by atomic mass is 9.87. The van der Waals surface area contributed by atoms with E-state index in [0.717, 1.165) is 12.1 Å². The van der Waals surface area contributed by atoms with Crippen molar-refractivity contribution in [3.05, 3.63) is 35.4 Å². The molecular formula is C14H15F5O5S. The number of alkyl halides is 5. The van der Waals surface area contributed by atoms with Crippen molar-refractivity contribution in [3.8, 4) is 0 Å². The minimum absolute atomic E-state index is 0.354. The van der Waals surface area contributed by atoms with Crippen LogP contribution in [0.25, 0.3) is 0 Å². The number of ether oxygens (including phenoxy) is 1. The molecule has 1 unspecified atom stereocenters. The zero-order valence-corrected chi connectivity index (χ0v) is 14.1. The summed E-state index contributed by atoms with van der Waals surface area (Å²) in [6.45, 7) is 5.45. The van der Waals surface area contributed by atoms with Crippen molar-refractivity contribution in [3.63, 3.8) is 0 Å². The lowest BCUT2D eigenvalue weighted by molar-refractivity contribution is -0.270. The standard InChI is InChI=1S/C14H15F5O5S/c1-12(2,3)9-6-4-8(5-7-9)10(20)24-13(17,11(15)16)14(18,19)25(21,22)23/h4-7,11H,1-3H3,(H,21,22,23). The van der Waals surface area contributed by atoms with Crippen LogP contribution in [0.5, 0.6) is 0 Å². The van der Waals surface area contributed by atoms with Gasteiger partial charge in [-0.3, -0.25) is 4.55 Å². The van der Waals surface area contributed by atoms with Crippen molar-refractivity contribution in [1.82, 2.24) is 0 Å². The quantitative estimate of drug-likeness (QED) is 0.472. The van der Waals surface area contributed by atoms with Crippen LogP contribution in [0.1, 0.15) is 36.7 Å². The maximum absolute atomic E-state index is 13.9. The van der Waals surface area contributed by atoms with Crippen LogP contribution in [0.2, 0.25) is 0 Å². The third-order valence-corrected chi connectivity index (χ3v) is 4.16. The Hall–Kier alpha value is -1.75. The molecule has 5 nitrogen and oxygen atoms in total. The van der Waals surface area contributed by atoms with Gasteiger partial charge in [-0.05, 0) is 23.1 Å². The van der Waals surface area contributed by atoms with E-state index in [9.17, 15) is 35.2 Å². The molecule has 0 aliphatic heterocycles. The molecule has 0 radical (unpaired) electrons. The maximum Gasteiger partial charge on any atom is 0.444 e. The number of hydrogen-bond acceptors (Lipinski definition) is 4. The van der Waals surface area contributed by atoms with E-state index in [4.69, 9.17) is 4.55 Å². The lowest BCUT2D eigenvalue weighted by Gasteiger charge is -2.29. The monoisotopic (exact) mass is 390 g/mol. The van der Waals surface area contributed by atoms with Gasteiger partial charge in [0, 0.05) is 0 Å². The predicted molar refractivity (Wildman–Crippen MR) is 76.9 cm³/mol. The molecule has 0 saturated heterocycles. The second-order valence-electron chi connectivity index (χ2n) is 6.15. The summed E-state index contributed by atoms with van der Waals surface area (Å²) in [7, 11) is -6.62. The molecule has 1 rings (SSSR count). The highest BCUT2D eigenvalue weighted by atomic mass is 32.2. The second-order valence-corrected chi connectivity index (χ2v) is 7.62. The van der Waals surface area contributed by atoms with E-state index < -0.39 is 39.2 Å². The largest absolute Gasteiger partial charge is 0.444 e. The van der Waals surface area contributed by atoms with Crippen molar-refractivity contribution in [2.75, 3.05) is 0 Å². The first-order chi connectivity index (χ1) is 11.0. The average molecular weight is 390 g/mol. The Morgan fingerprint density at radius 1 is 1.08 bits per heavy atom. The molecule has 25 heavy (non-hydrogen) atoms. The van der Waals surface area contributed by atoms with E-state index in [1.807, 2.05) is 20.8 Å². The van der Waals surface area contributed by atoms with E-state index in [-0.39, 0.29) is 5.41 Å². The average Bonchev–Trinajstić information content (AvgIpc) is 2.44. The summed E-state index contributed by atoms with van der Waals surface area (Å²) in [4.78, 5) is 11.7. The normalized spacial score (nSPS) is 15.8. The third-order valence-electron chi connectivity index (χ3n) is 3.23. The molecule has 0 aliphatic carbocycles. The smallest absolute Gasteiger partial charge is 0.413 e. The first-order valence-corrected chi connectivity index (χ1v) is 8.14. The molecule has 1 atom stereocenters. The van der Waals surface area contributed by atoms with Crippen LogP contribution in [0, 0.1) is 0 Å². The maximum atomic E-state index is 13.9. The number of rotatable bonds is 5.